The smallest absolute Gasteiger partial charge is 0.248 e. The van der Waals surface area contributed by atoms with E-state index in [1.54, 1.807) is 28.2 Å². The number of hydrogen-bond donors (Lipinski definition) is 0. The number of nitrogens with zero attached hydrogens (tertiary/aromatic N) is 5. The Hall–Kier alpha value is -2.76. The molecule has 6 heteroatoms. The maximum absolute atomic E-state index is 12.7. The van der Waals surface area contributed by atoms with Gasteiger partial charge in [-0.25, -0.2) is 9.67 Å². The lowest BCUT2D eigenvalue weighted by Gasteiger charge is -2.22. The summed E-state index contributed by atoms with van der Waals surface area (Å²) < 4.78 is 1.64. The van der Waals surface area contributed by atoms with Crippen LogP contribution in [-0.2, 0) is 11.3 Å². The highest BCUT2D eigenvalue weighted by molar-refractivity contribution is 5.94. The SMILES string of the molecule is CCN(C(=O)Cn1ncc2cc(C)cnc21)c1cccnc1C. The molecule has 0 aromatic carbocycles. The van der Waals surface area contributed by atoms with Crippen LogP contribution in [0.4, 0.5) is 5.69 Å². The largest absolute Gasteiger partial charge is 0.309 e. The van der Waals surface area contributed by atoms with Gasteiger partial charge in [-0.3, -0.25) is 9.78 Å². The van der Waals surface area contributed by atoms with E-state index in [2.05, 4.69) is 15.1 Å². The van der Waals surface area contributed by atoms with E-state index >= 15 is 0 Å². The molecule has 0 aliphatic carbocycles. The molecule has 0 spiro atoms. The fourth-order valence-electron chi connectivity index (χ4n) is 2.65. The Balaban J connectivity index is 1.88. The van der Waals surface area contributed by atoms with Crippen LogP contribution in [-0.4, -0.2) is 32.2 Å². The van der Waals surface area contributed by atoms with Gasteiger partial charge in [0, 0.05) is 24.3 Å². The summed E-state index contributed by atoms with van der Waals surface area (Å²) >= 11 is 0. The van der Waals surface area contributed by atoms with Crippen LogP contribution in [0.1, 0.15) is 18.2 Å². The van der Waals surface area contributed by atoms with E-state index in [4.69, 9.17) is 0 Å². The summed E-state index contributed by atoms with van der Waals surface area (Å²) in [4.78, 5) is 23.1. The molecule has 3 aromatic rings. The van der Waals surface area contributed by atoms with Crippen LogP contribution in [0.25, 0.3) is 11.0 Å². The van der Waals surface area contributed by atoms with E-state index < -0.39 is 0 Å². The van der Waals surface area contributed by atoms with Gasteiger partial charge < -0.3 is 4.90 Å². The molecule has 0 aliphatic heterocycles. The van der Waals surface area contributed by atoms with Gasteiger partial charge in [0.25, 0.3) is 0 Å². The first-order chi connectivity index (χ1) is 11.1. The zero-order chi connectivity index (χ0) is 16.4. The van der Waals surface area contributed by atoms with Crippen LogP contribution in [0.2, 0.25) is 0 Å². The molecule has 6 nitrogen and oxygen atoms in total. The first-order valence-electron chi connectivity index (χ1n) is 7.60. The van der Waals surface area contributed by atoms with Gasteiger partial charge in [-0.15, -0.1) is 0 Å². The zero-order valence-corrected chi connectivity index (χ0v) is 13.5. The van der Waals surface area contributed by atoms with Crippen molar-refractivity contribution < 1.29 is 4.79 Å². The topological polar surface area (TPSA) is 63.9 Å². The van der Waals surface area contributed by atoms with Gasteiger partial charge in [-0.1, -0.05) is 0 Å². The molecule has 118 valence electrons. The van der Waals surface area contributed by atoms with E-state index in [1.165, 1.54) is 0 Å². The number of aryl methyl sites for hydroxylation is 2. The second-order valence-corrected chi connectivity index (χ2v) is 5.47. The third-order valence-electron chi connectivity index (χ3n) is 3.78. The Kier molecular flexibility index (Phi) is 4.06. The number of aromatic nitrogens is 4. The molecular formula is C17H19N5O. The first kappa shape index (κ1) is 15.1. The predicted molar refractivity (Wildman–Crippen MR) is 89.3 cm³/mol. The second-order valence-electron chi connectivity index (χ2n) is 5.47. The van der Waals surface area contributed by atoms with Crippen LogP contribution in [0.3, 0.4) is 0 Å². The Labute approximate surface area is 134 Å². The van der Waals surface area contributed by atoms with Crippen LogP contribution >= 0.6 is 0 Å². The standard InChI is InChI=1S/C17H19N5O/c1-4-21(15-6-5-7-18-13(15)3)16(23)11-22-17-14(10-20-22)8-12(2)9-19-17/h5-10H,4,11H2,1-3H3. The van der Waals surface area contributed by atoms with E-state index in [9.17, 15) is 4.79 Å². The lowest BCUT2D eigenvalue weighted by atomic mass is 10.2. The first-order valence-corrected chi connectivity index (χ1v) is 7.60. The molecule has 0 saturated carbocycles. The fraction of sp³-hybridized carbons (Fsp3) is 0.294. The van der Waals surface area contributed by atoms with Gasteiger partial charge in [0.2, 0.25) is 5.91 Å². The molecule has 1 amide bonds. The summed E-state index contributed by atoms with van der Waals surface area (Å²) in [6, 6.07) is 5.76. The maximum atomic E-state index is 12.7. The maximum Gasteiger partial charge on any atom is 0.248 e. The van der Waals surface area contributed by atoms with E-state index in [0.29, 0.717) is 6.54 Å². The van der Waals surface area contributed by atoms with Gasteiger partial charge in [-0.2, -0.15) is 5.10 Å². The molecule has 3 heterocycles. The fourth-order valence-corrected chi connectivity index (χ4v) is 2.65. The second kappa shape index (κ2) is 6.16. The molecular weight excluding hydrogens is 290 g/mol. The van der Waals surface area contributed by atoms with Gasteiger partial charge in [0.1, 0.15) is 6.54 Å². The summed E-state index contributed by atoms with van der Waals surface area (Å²) in [6.45, 7) is 6.57. The molecule has 0 unspecified atom stereocenters. The Morgan fingerprint density at radius 3 is 2.83 bits per heavy atom. The van der Waals surface area contributed by atoms with Crippen molar-refractivity contribution in [1.82, 2.24) is 19.7 Å². The number of likely N-dealkylation sites (N-methyl/N-ethyl adjacent to an activating group) is 1. The Morgan fingerprint density at radius 2 is 2.09 bits per heavy atom. The predicted octanol–water partition coefficient (Wildman–Crippen LogP) is 2.50. The minimum absolute atomic E-state index is 0.0315. The third kappa shape index (κ3) is 2.92. The highest BCUT2D eigenvalue weighted by Crippen LogP contribution is 2.18. The van der Waals surface area contributed by atoms with Gasteiger partial charge in [0.15, 0.2) is 5.65 Å². The number of carbonyl (C=O) groups excluding carboxylic acids is 1. The molecule has 3 aromatic heterocycles. The van der Waals surface area contributed by atoms with E-state index in [-0.39, 0.29) is 12.5 Å². The summed E-state index contributed by atoms with van der Waals surface area (Å²) in [5.74, 6) is -0.0315. The van der Waals surface area contributed by atoms with E-state index in [0.717, 1.165) is 28.0 Å². The van der Waals surface area contributed by atoms with Crippen molar-refractivity contribution >= 4 is 22.6 Å². The quantitative estimate of drug-likeness (QED) is 0.743. The van der Waals surface area contributed by atoms with E-state index in [1.807, 2.05) is 39.0 Å². The number of rotatable bonds is 4. The monoisotopic (exact) mass is 309 g/mol. The average Bonchev–Trinajstić information content (AvgIpc) is 2.92. The van der Waals surface area contributed by atoms with Crippen molar-refractivity contribution in [3.8, 4) is 0 Å². The average molecular weight is 309 g/mol. The number of fused-ring (bicyclic) bond motifs is 1. The number of hydrogen-bond acceptors (Lipinski definition) is 4. The summed E-state index contributed by atoms with van der Waals surface area (Å²) in [7, 11) is 0. The van der Waals surface area contributed by atoms with Gasteiger partial charge in [-0.05, 0) is 44.5 Å². The van der Waals surface area contributed by atoms with Crippen molar-refractivity contribution in [2.75, 3.05) is 11.4 Å². The summed E-state index contributed by atoms with van der Waals surface area (Å²) in [5, 5.41) is 5.24. The lowest BCUT2D eigenvalue weighted by molar-refractivity contribution is -0.119. The summed E-state index contributed by atoms with van der Waals surface area (Å²) in [6.07, 6.45) is 5.26. The highest BCUT2D eigenvalue weighted by Gasteiger charge is 2.18. The number of carbonyl (C=O) groups is 1. The molecule has 0 N–H and O–H groups in total. The Bertz CT molecular complexity index is 855. The molecule has 0 radical (unpaired) electrons. The molecule has 3 rings (SSSR count). The lowest BCUT2D eigenvalue weighted by Crippen LogP contribution is -2.34. The zero-order valence-electron chi connectivity index (χ0n) is 13.5. The van der Waals surface area contributed by atoms with Crippen LogP contribution in [0, 0.1) is 13.8 Å². The minimum atomic E-state index is -0.0315. The number of anilines is 1. The van der Waals surface area contributed by atoms with Gasteiger partial charge in [0.05, 0.1) is 17.6 Å². The molecule has 0 bridgehead atoms. The van der Waals surface area contributed by atoms with Crippen molar-refractivity contribution in [2.24, 2.45) is 0 Å². The van der Waals surface area contributed by atoms with Crippen molar-refractivity contribution in [2.45, 2.75) is 27.3 Å². The number of pyridine rings is 2. The van der Waals surface area contributed by atoms with Crippen LogP contribution in [0.15, 0.2) is 36.8 Å². The third-order valence-corrected chi connectivity index (χ3v) is 3.78. The molecule has 0 aliphatic rings. The molecule has 0 saturated heterocycles. The van der Waals surface area contributed by atoms with Crippen LogP contribution in [0.5, 0.6) is 0 Å². The normalized spacial score (nSPS) is 10.9. The van der Waals surface area contributed by atoms with Crippen LogP contribution < -0.4 is 4.90 Å². The van der Waals surface area contributed by atoms with Gasteiger partial charge >= 0.3 is 0 Å². The molecule has 23 heavy (non-hydrogen) atoms. The summed E-state index contributed by atoms with van der Waals surface area (Å²) in [5.41, 5.74) is 3.47. The van der Waals surface area contributed by atoms with Crippen molar-refractivity contribution in [3.05, 3.63) is 48.0 Å². The van der Waals surface area contributed by atoms with Crippen molar-refractivity contribution in [3.63, 3.8) is 0 Å². The molecule has 0 atom stereocenters. The minimum Gasteiger partial charge on any atom is -0.309 e. The number of amides is 1. The molecule has 0 fully saturated rings. The van der Waals surface area contributed by atoms with Crippen molar-refractivity contribution in [1.29, 1.82) is 0 Å². The Morgan fingerprint density at radius 1 is 1.26 bits per heavy atom. The highest BCUT2D eigenvalue weighted by atomic mass is 16.2.